The smallest absolute Gasteiger partial charge is 0.157 e. The topological polar surface area (TPSA) is 20.3 Å². The van der Waals surface area contributed by atoms with Crippen LogP contribution in [-0.2, 0) is 11.2 Å². The first-order valence-corrected chi connectivity index (χ1v) is 8.42. The predicted octanol–water partition coefficient (Wildman–Crippen LogP) is 5.01. The van der Waals surface area contributed by atoms with E-state index in [-0.39, 0.29) is 11.3 Å². The number of carbonyl (C=O) groups excluding carboxylic acids is 1. The van der Waals surface area contributed by atoms with Gasteiger partial charge < -0.3 is 0 Å². The van der Waals surface area contributed by atoms with Crippen LogP contribution in [0.1, 0.15) is 46.1 Å². The van der Waals surface area contributed by atoms with Crippen molar-refractivity contribution in [3.63, 3.8) is 0 Å². The fourth-order valence-corrected chi connectivity index (χ4v) is 3.42. The van der Waals surface area contributed by atoms with E-state index in [4.69, 9.17) is 23.2 Å². The number of ketones is 1. The van der Waals surface area contributed by atoms with Gasteiger partial charge in [0.05, 0.1) is 15.6 Å². The Morgan fingerprint density at radius 3 is 2.05 bits per heavy atom. The van der Waals surface area contributed by atoms with Gasteiger partial charge in [0.15, 0.2) is 5.78 Å². The van der Waals surface area contributed by atoms with Crippen molar-refractivity contribution >= 4 is 29.0 Å². The highest BCUT2D eigenvalue weighted by Crippen LogP contribution is 2.28. The Morgan fingerprint density at radius 1 is 1.05 bits per heavy atom. The van der Waals surface area contributed by atoms with E-state index in [9.17, 15) is 4.79 Å². The van der Waals surface area contributed by atoms with Gasteiger partial charge in [0, 0.05) is 6.42 Å². The average molecular weight is 330 g/mol. The molecule has 0 aliphatic carbocycles. The van der Waals surface area contributed by atoms with E-state index in [2.05, 4.69) is 32.6 Å². The van der Waals surface area contributed by atoms with Crippen molar-refractivity contribution in [1.82, 2.24) is 4.90 Å². The highest BCUT2D eigenvalue weighted by Gasteiger charge is 2.38. The van der Waals surface area contributed by atoms with Crippen LogP contribution in [0.5, 0.6) is 0 Å². The zero-order valence-electron chi connectivity index (χ0n) is 13.4. The number of Topliss-reactive ketones (excluding diaryl/α,β-unsaturated/α-hetero) is 1. The van der Waals surface area contributed by atoms with Crippen LogP contribution in [-0.4, -0.2) is 29.3 Å². The molecule has 4 heteroatoms. The van der Waals surface area contributed by atoms with Crippen LogP contribution in [0.2, 0.25) is 10.0 Å². The van der Waals surface area contributed by atoms with E-state index in [1.165, 1.54) is 0 Å². The maximum absolute atomic E-state index is 12.9. The van der Waals surface area contributed by atoms with Crippen molar-refractivity contribution in [3.8, 4) is 0 Å². The van der Waals surface area contributed by atoms with Crippen molar-refractivity contribution in [1.29, 1.82) is 0 Å². The van der Waals surface area contributed by atoms with Crippen LogP contribution in [0.4, 0.5) is 0 Å². The van der Waals surface area contributed by atoms with E-state index in [0.717, 1.165) is 31.5 Å². The van der Waals surface area contributed by atoms with Gasteiger partial charge in [0.1, 0.15) is 0 Å². The lowest BCUT2D eigenvalue weighted by Gasteiger charge is -2.41. The molecule has 0 N–H and O–H groups in total. The second-order valence-corrected chi connectivity index (χ2v) is 6.07. The summed E-state index contributed by atoms with van der Waals surface area (Å²) in [4.78, 5) is 15.2. The van der Waals surface area contributed by atoms with Crippen LogP contribution in [0.3, 0.4) is 0 Å². The highest BCUT2D eigenvalue weighted by molar-refractivity contribution is 6.42. The van der Waals surface area contributed by atoms with Gasteiger partial charge in [-0.3, -0.25) is 9.69 Å². The number of hydrogen-bond acceptors (Lipinski definition) is 2. The largest absolute Gasteiger partial charge is 0.297 e. The number of likely N-dealkylation sites (N-methyl/N-ethyl adjacent to an activating group) is 1. The molecule has 1 rings (SSSR count). The Bertz CT molecular complexity index is 480. The van der Waals surface area contributed by atoms with Gasteiger partial charge in [-0.15, -0.1) is 0 Å². The van der Waals surface area contributed by atoms with Crippen LogP contribution in [0.15, 0.2) is 18.2 Å². The van der Waals surface area contributed by atoms with Gasteiger partial charge in [-0.1, -0.05) is 57.0 Å². The van der Waals surface area contributed by atoms with Crippen LogP contribution < -0.4 is 0 Å². The summed E-state index contributed by atoms with van der Waals surface area (Å²) in [6, 6.07) is 5.42. The molecule has 0 spiro atoms. The molecule has 0 aromatic heterocycles. The lowest BCUT2D eigenvalue weighted by molar-refractivity contribution is -0.131. The number of halogens is 2. The van der Waals surface area contributed by atoms with E-state index >= 15 is 0 Å². The second kappa shape index (κ2) is 8.17. The summed E-state index contributed by atoms with van der Waals surface area (Å²) in [5, 5.41) is 1.03. The number of carbonyl (C=O) groups is 1. The monoisotopic (exact) mass is 329 g/mol. The molecule has 0 unspecified atom stereocenters. The lowest BCUT2D eigenvalue weighted by atomic mass is 9.83. The Kier molecular flexibility index (Phi) is 7.19. The van der Waals surface area contributed by atoms with Crippen molar-refractivity contribution in [2.45, 2.75) is 52.5 Å². The average Bonchev–Trinajstić information content (AvgIpc) is 2.48. The minimum atomic E-state index is -0.379. The Hall–Kier alpha value is -0.570. The second-order valence-electron chi connectivity index (χ2n) is 5.26. The van der Waals surface area contributed by atoms with Gasteiger partial charge >= 0.3 is 0 Å². The molecule has 0 heterocycles. The first-order chi connectivity index (χ1) is 9.94. The van der Waals surface area contributed by atoms with Crippen molar-refractivity contribution < 1.29 is 4.79 Å². The van der Waals surface area contributed by atoms with Crippen LogP contribution in [0, 0.1) is 0 Å². The number of benzene rings is 1. The number of nitrogens with zero attached hydrogens (tertiary/aromatic N) is 1. The van der Waals surface area contributed by atoms with Crippen molar-refractivity contribution in [2.24, 2.45) is 0 Å². The molecule has 0 saturated carbocycles. The van der Waals surface area contributed by atoms with Gasteiger partial charge in [-0.05, 0) is 43.6 Å². The molecule has 0 aliphatic rings. The summed E-state index contributed by atoms with van der Waals surface area (Å²) in [6.07, 6.45) is 2.05. The Balaban J connectivity index is 3.03. The molecule has 0 bridgehead atoms. The van der Waals surface area contributed by atoms with Gasteiger partial charge in [0.2, 0.25) is 0 Å². The molecule has 1 aromatic carbocycles. The van der Waals surface area contributed by atoms with E-state index in [0.29, 0.717) is 16.5 Å². The normalized spacial score (nSPS) is 12.0. The van der Waals surface area contributed by atoms with Gasteiger partial charge in [-0.2, -0.15) is 0 Å². The molecular weight excluding hydrogens is 305 g/mol. The SMILES string of the molecule is CCN(CC)C(CC)(CC)C(=O)Cc1ccc(Cl)c(Cl)c1. The molecule has 2 nitrogen and oxygen atoms in total. The molecule has 0 atom stereocenters. The standard InChI is InChI=1S/C17H25Cl2NO/c1-5-17(6-2,20(7-3)8-4)16(21)12-13-9-10-14(18)15(19)11-13/h9-11H,5-8,12H2,1-4H3. The lowest BCUT2D eigenvalue weighted by Crippen LogP contribution is -2.54. The maximum Gasteiger partial charge on any atom is 0.157 e. The summed E-state index contributed by atoms with van der Waals surface area (Å²) in [7, 11) is 0. The predicted molar refractivity (Wildman–Crippen MR) is 91.4 cm³/mol. The zero-order chi connectivity index (χ0) is 16.0. The number of rotatable bonds is 8. The first-order valence-electron chi connectivity index (χ1n) is 7.67. The fraction of sp³-hybridized carbons (Fsp3) is 0.588. The zero-order valence-corrected chi connectivity index (χ0v) is 14.9. The Morgan fingerprint density at radius 2 is 1.62 bits per heavy atom. The number of hydrogen-bond donors (Lipinski definition) is 0. The summed E-state index contributed by atoms with van der Waals surface area (Å²) in [6.45, 7) is 10.2. The molecule has 118 valence electrons. The summed E-state index contributed by atoms with van der Waals surface area (Å²) >= 11 is 12.0. The minimum absolute atomic E-state index is 0.259. The van der Waals surface area contributed by atoms with Crippen molar-refractivity contribution in [3.05, 3.63) is 33.8 Å². The molecular formula is C17H25Cl2NO. The summed E-state index contributed by atoms with van der Waals surface area (Å²) in [5.74, 6) is 0.259. The van der Waals surface area contributed by atoms with Crippen molar-refractivity contribution in [2.75, 3.05) is 13.1 Å². The van der Waals surface area contributed by atoms with E-state index in [1.807, 2.05) is 6.07 Å². The third-order valence-electron chi connectivity index (χ3n) is 4.41. The third-order valence-corrected chi connectivity index (χ3v) is 5.15. The molecule has 21 heavy (non-hydrogen) atoms. The van der Waals surface area contributed by atoms with E-state index < -0.39 is 0 Å². The Labute approximate surface area is 138 Å². The molecule has 1 aromatic rings. The van der Waals surface area contributed by atoms with Crippen LogP contribution >= 0.6 is 23.2 Å². The van der Waals surface area contributed by atoms with Crippen LogP contribution in [0.25, 0.3) is 0 Å². The van der Waals surface area contributed by atoms with Gasteiger partial charge in [0.25, 0.3) is 0 Å². The minimum Gasteiger partial charge on any atom is -0.297 e. The highest BCUT2D eigenvalue weighted by atomic mass is 35.5. The molecule has 0 fully saturated rings. The summed E-state index contributed by atoms with van der Waals surface area (Å²) in [5.41, 5.74) is 0.545. The van der Waals surface area contributed by atoms with Gasteiger partial charge in [-0.25, -0.2) is 0 Å². The molecule has 0 amide bonds. The first kappa shape index (κ1) is 18.5. The molecule has 0 radical (unpaired) electrons. The fourth-order valence-electron chi connectivity index (χ4n) is 3.10. The molecule has 0 aliphatic heterocycles. The molecule has 0 saturated heterocycles. The van der Waals surface area contributed by atoms with E-state index in [1.54, 1.807) is 12.1 Å². The third kappa shape index (κ3) is 4.00. The quantitative estimate of drug-likeness (QED) is 0.668. The summed E-state index contributed by atoms with van der Waals surface area (Å²) < 4.78 is 0. The maximum atomic E-state index is 12.9.